The molecule has 0 spiro atoms. The van der Waals surface area contributed by atoms with E-state index in [0.717, 1.165) is 0 Å². The summed E-state index contributed by atoms with van der Waals surface area (Å²) in [7, 11) is 0. The third-order valence-electron chi connectivity index (χ3n) is 2.14. The Morgan fingerprint density at radius 1 is 1.24 bits per heavy atom. The molecule has 1 aromatic heterocycles. The minimum absolute atomic E-state index is 0.291. The van der Waals surface area contributed by atoms with Crippen LogP contribution in [0, 0.1) is 15.9 Å². The van der Waals surface area contributed by atoms with Gasteiger partial charge in [0.1, 0.15) is 16.5 Å². The molecule has 0 bridgehead atoms. The highest BCUT2D eigenvalue weighted by Gasteiger charge is 2.11. The van der Waals surface area contributed by atoms with Crippen LogP contribution in [0.3, 0.4) is 0 Å². The highest BCUT2D eigenvalue weighted by molar-refractivity contribution is 5.43. The highest BCUT2D eigenvalue weighted by atomic mass is 19.1. The first-order valence-electron chi connectivity index (χ1n) is 4.88. The molecule has 1 N–H and O–H groups in total. The van der Waals surface area contributed by atoms with Crippen LogP contribution in [-0.2, 0) is 6.54 Å². The Hall–Kier alpha value is -2.37. The number of nitro groups is 1. The summed E-state index contributed by atoms with van der Waals surface area (Å²) in [6, 6.07) is 8.62. The number of rotatable bonds is 4. The molecule has 0 amide bonds. The fourth-order valence-electron chi connectivity index (χ4n) is 1.32. The molecule has 0 saturated carbocycles. The maximum atomic E-state index is 12.6. The number of hydrogen-bond donors (Lipinski definition) is 1. The predicted octanol–water partition coefficient (Wildman–Crippen LogP) is 2.94. The zero-order valence-corrected chi connectivity index (χ0v) is 8.72. The van der Waals surface area contributed by atoms with Crippen LogP contribution in [0.4, 0.5) is 16.0 Å². The Labute approximate surface area is 96.0 Å². The first kappa shape index (κ1) is 11.1. The van der Waals surface area contributed by atoms with Crippen LogP contribution in [0.25, 0.3) is 0 Å². The lowest BCUT2D eigenvalue weighted by Gasteiger charge is -2.03. The summed E-state index contributed by atoms with van der Waals surface area (Å²) in [5.74, 6) is -0.161. The molecule has 0 fully saturated rings. The zero-order valence-electron chi connectivity index (χ0n) is 8.72. The molecule has 0 aliphatic rings. The number of furan rings is 1. The Balaban J connectivity index is 1.97. The maximum absolute atomic E-state index is 12.6. The summed E-state index contributed by atoms with van der Waals surface area (Å²) >= 11 is 0. The number of benzene rings is 1. The quantitative estimate of drug-likeness (QED) is 0.654. The fraction of sp³-hybridized carbons (Fsp3) is 0.0909. The number of nitrogens with one attached hydrogen (secondary N) is 1. The molecule has 0 atom stereocenters. The van der Waals surface area contributed by atoms with E-state index < -0.39 is 4.92 Å². The van der Waals surface area contributed by atoms with Crippen LogP contribution in [0.1, 0.15) is 5.76 Å². The normalized spacial score (nSPS) is 10.2. The van der Waals surface area contributed by atoms with Crippen molar-refractivity contribution in [2.75, 3.05) is 5.32 Å². The minimum atomic E-state index is -0.596. The minimum Gasteiger partial charge on any atom is -0.404 e. The summed E-state index contributed by atoms with van der Waals surface area (Å²) in [4.78, 5) is 9.78. The Bertz CT molecular complexity index is 522. The van der Waals surface area contributed by atoms with Crippen molar-refractivity contribution in [2.24, 2.45) is 0 Å². The Kier molecular flexibility index (Phi) is 3.04. The van der Waals surface area contributed by atoms with E-state index in [1.807, 2.05) is 0 Å². The number of hydrogen-bond acceptors (Lipinski definition) is 4. The van der Waals surface area contributed by atoms with Gasteiger partial charge in [-0.2, -0.15) is 0 Å². The van der Waals surface area contributed by atoms with Gasteiger partial charge in [-0.25, -0.2) is 4.39 Å². The van der Waals surface area contributed by atoms with Gasteiger partial charge in [-0.05, 0) is 30.3 Å². The van der Waals surface area contributed by atoms with Gasteiger partial charge >= 0.3 is 5.88 Å². The van der Waals surface area contributed by atoms with E-state index in [9.17, 15) is 14.5 Å². The van der Waals surface area contributed by atoms with Crippen LogP contribution in [0.15, 0.2) is 40.8 Å². The first-order chi connectivity index (χ1) is 8.15. The molecule has 0 radical (unpaired) electrons. The van der Waals surface area contributed by atoms with Crippen LogP contribution in [0.5, 0.6) is 0 Å². The number of anilines is 1. The molecule has 5 nitrogen and oxygen atoms in total. The second-order valence-electron chi connectivity index (χ2n) is 3.36. The molecule has 2 rings (SSSR count). The maximum Gasteiger partial charge on any atom is 0.433 e. The van der Waals surface area contributed by atoms with Crippen LogP contribution >= 0.6 is 0 Å². The Morgan fingerprint density at radius 3 is 2.53 bits per heavy atom. The first-order valence-corrected chi connectivity index (χ1v) is 4.88. The van der Waals surface area contributed by atoms with E-state index in [2.05, 4.69) is 5.32 Å². The van der Waals surface area contributed by atoms with E-state index in [1.54, 1.807) is 12.1 Å². The molecule has 0 aliphatic carbocycles. The summed E-state index contributed by atoms with van der Waals surface area (Å²) < 4.78 is 17.6. The number of nitrogens with zero attached hydrogens (tertiary/aromatic N) is 1. The van der Waals surface area contributed by atoms with E-state index in [0.29, 0.717) is 18.0 Å². The predicted molar refractivity (Wildman–Crippen MR) is 59.1 cm³/mol. The summed E-state index contributed by atoms with van der Waals surface area (Å²) in [5, 5.41) is 13.3. The molecule has 1 heterocycles. The van der Waals surface area contributed by atoms with E-state index >= 15 is 0 Å². The van der Waals surface area contributed by atoms with Gasteiger partial charge in [-0.15, -0.1) is 0 Å². The SMILES string of the molecule is O=[N+]([O-])c1ccc(CNc2ccc(F)cc2)o1. The summed E-state index contributed by atoms with van der Waals surface area (Å²) in [6.07, 6.45) is 0. The molecule has 88 valence electrons. The van der Waals surface area contributed by atoms with Crippen molar-refractivity contribution in [1.82, 2.24) is 0 Å². The summed E-state index contributed by atoms with van der Waals surface area (Å²) in [6.45, 7) is 0.305. The lowest BCUT2D eigenvalue weighted by Crippen LogP contribution is -1.97. The fourth-order valence-corrected chi connectivity index (χ4v) is 1.32. The Morgan fingerprint density at radius 2 is 1.94 bits per heavy atom. The lowest BCUT2D eigenvalue weighted by atomic mass is 10.3. The molecule has 2 aromatic rings. The van der Waals surface area contributed by atoms with Crippen molar-refractivity contribution < 1.29 is 13.7 Å². The largest absolute Gasteiger partial charge is 0.433 e. The molecule has 0 unspecified atom stereocenters. The van der Waals surface area contributed by atoms with Crippen LogP contribution in [0.2, 0.25) is 0 Å². The van der Waals surface area contributed by atoms with Crippen molar-refractivity contribution in [1.29, 1.82) is 0 Å². The average molecular weight is 236 g/mol. The molecule has 0 saturated heterocycles. The lowest BCUT2D eigenvalue weighted by molar-refractivity contribution is -0.402. The van der Waals surface area contributed by atoms with E-state index in [4.69, 9.17) is 4.42 Å². The average Bonchev–Trinajstić information content (AvgIpc) is 2.77. The molecule has 6 heteroatoms. The summed E-state index contributed by atoms with van der Waals surface area (Å²) in [5.41, 5.74) is 0.713. The van der Waals surface area contributed by atoms with Crippen molar-refractivity contribution in [3.05, 3.63) is 58.1 Å². The van der Waals surface area contributed by atoms with E-state index in [1.165, 1.54) is 24.3 Å². The number of halogens is 1. The second-order valence-corrected chi connectivity index (χ2v) is 3.36. The topological polar surface area (TPSA) is 68.3 Å². The van der Waals surface area contributed by atoms with Crippen molar-refractivity contribution in [3.63, 3.8) is 0 Å². The molecule has 0 aliphatic heterocycles. The molecular weight excluding hydrogens is 227 g/mol. The standard InChI is InChI=1S/C11H9FN2O3/c12-8-1-3-9(4-2-8)13-7-10-5-6-11(17-10)14(15)16/h1-6,13H,7H2. The van der Waals surface area contributed by atoms with Crippen LogP contribution < -0.4 is 5.32 Å². The smallest absolute Gasteiger partial charge is 0.404 e. The van der Waals surface area contributed by atoms with Crippen molar-refractivity contribution in [2.45, 2.75) is 6.54 Å². The third kappa shape index (κ3) is 2.81. The van der Waals surface area contributed by atoms with Crippen molar-refractivity contribution >= 4 is 11.6 Å². The third-order valence-corrected chi connectivity index (χ3v) is 2.14. The molecule has 1 aromatic carbocycles. The molecular formula is C11H9FN2O3. The van der Waals surface area contributed by atoms with E-state index in [-0.39, 0.29) is 11.7 Å². The zero-order chi connectivity index (χ0) is 12.3. The van der Waals surface area contributed by atoms with Gasteiger partial charge in [0.2, 0.25) is 0 Å². The van der Waals surface area contributed by atoms with Gasteiger partial charge in [-0.1, -0.05) is 0 Å². The van der Waals surface area contributed by atoms with Gasteiger partial charge in [0.05, 0.1) is 12.6 Å². The van der Waals surface area contributed by atoms with Gasteiger partial charge in [0, 0.05) is 5.69 Å². The van der Waals surface area contributed by atoms with Gasteiger partial charge in [-0.3, -0.25) is 10.1 Å². The second kappa shape index (κ2) is 4.65. The monoisotopic (exact) mass is 236 g/mol. The highest BCUT2D eigenvalue weighted by Crippen LogP contribution is 2.17. The van der Waals surface area contributed by atoms with Crippen molar-refractivity contribution in [3.8, 4) is 0 Å². The van der Waals surface area contributed by atoms with Crippen LogP contribution in [-0.4, -0.2) is 4.92 Å². The van der Waals surface area contributed by atoms with Gasteiger partial charge in [0.15, 0.2) is 0 Å². The van der Waals surface area contributed by atoms with Gasteiger partial charge in [0.25, 0.3) is 0 Å². The van der Waals surface area contributed by atoms with Gasteiger partial charge < -0.3 is 9.73 Å². The molecule has 17 heavy (non-hydrogen) atoms.